The van der Waals surface area contributed by atoms with Crippen LogP contribution in [0.5, 0.6) is 0 Å². The Morgan fingerprint density at radius 3 is 2.71 bits per heavy atom. The first-order valence-corrected chi connectivity index (χ1v) is 5.74. The standard InChI is InChI=1S/C11H19F2NO3/c1-8(2)14-4-3-9(11(12,13)7-14)5-17-6-10(15)16/h8-9H,3-7H2,1-2H3,(H,15,16). The predicted octanol–water partition coefficient (Wildman–Crippen LogP) is 1.45. The van der Waals surface area contributed by atoms with Gasteiger partial charge in [0, 0.05) is 12.0 Å². The van der Waals surface area contributed by atoms with Crippen molar-refractivity contribution in [1.82, 2.24) is 4.90 Å². The molecule has 1 aliphatic heterocycles. The van der Waals surface area contributed by atoms with Gasteiger partial charge in [-0.1, -0.05) is 0 Å². The van der Waals surface area contributed by atoms with Gasteiger partial charge >= 0.3 is 5.97 Å². The summed E-state index contributed by atoms with van der Waals surface area (Å²) in [6.45, 7) is 3.40. The zero-order valence-electron chi connectivity index (χ0n) is 10.2. The highest BCUT2D eigenvalue weighted by atomic mass is 19.3. The second kappa shape index (κ2) is 5.73. The van der Waals surface area contributed by atoms with E-state index in [1.165, 1.54) is 0 Å². The van der Waals surface area contributed by atoms with Crippen molar-refractivity contribution in [3.05, 3.63) is 0 Å². The molecule has 0 radical (unpaired) electrons. The topological polar surface area (TPSA) is 49.8 Å². The molecule has 0 amide bonds. The SMILES string of the molecule is CC(C)N1CCC(COCC(=O)O)C(F)(F)C1. The van der Waals surface area contributed by atoms with E-state index in [0.29, 0.717) is 13.0 Å². The molecule has 1 atom stereocenters. The van der Waals surface area contributed by atoms with Crippen molar-refractivity contribution in [3.8, 4) is 0 Å². The number of halogens is 2. The Bertz CT molecular complexity index is 271. The fourth-order valence-corrected chi connectivity index (χ4v) is 1.95. The monoisotopic (exact) mass is 251 g/mol. The van der Waals surface area contributed by atoms with Gasteiger partial charge in [0.1, 0.15) is 6.61 Å². The molecule has 1 heterocycles. The van der Waals surface area contributed by atoms with Crippen molar-refractivity contribution in [3.63, 3.8) is 0 Å². The van der Waals surface area contributed by atoms with Crippen molar-refractivity contribution in [2.24, 2.45) is 5.92 Å². The quantitative estimate of drug-likeness (QED) is 0.803. The third-order valence-corrected chi connectivity index (χ3v) is 3.05. The van der Waals surface area contributed by atoms with E-state index < -0.39 is 24.4 Å². The maximum atomic E-state index is 13.7. The Balaban J connectivity index is 2.44. The maximum absolute atomic E-state index is 13.7. The number of ether oxygens (including phenoxy) is 1. The van der Waals surface area contributed by atoms with Crippen LogP contribution in [0.2, 0.25) is 0 Å². The van der Waals surface area contributed by atoms with Crippen molar-refractivity contribution >= 4 is 5.97 Å². The number of carboxylic acid groups (broad SMARTS) is 1. The van der Waals surface area contributed by atoms with Gasteiger partial charge in [-0.15, -0.1) is 0 Å². The fourth-order valence-electron chi connectivity index (χ4n) is 1.95. The number of likely N-dealkylation sites (tertiary alicyclic amines) is 1. The van der Waals surface area contributed by atoms with Crippen LogP contribution in [0.15, 0.2) is 0 Å². The number of carbonyl (C=O) groups is 1. The van der Waals surface area contributed by atoms with E-state index in [9.17, 15) is 13.6 Å². The van der Waals surface area contributed by atoms with E-state index in [4.69, 9.17) is 9.84 Å². The van der Waals surface area contributed by atoms with Gasteiger partial charge in [-0.2, -0.15) is 0 Å². The van der Waals surface area contributed by atoms with E-state index in [2.05, 4.69) is 0 Å². The number of nitrogens with zero attached hydrogens (tertiary/aromatic N) is 1. The van der Waals surface area contributed by atoms with Gasteiger partial charge in [-0.05, 0) is 26.8 Å². The molecule has 4 nitrogen and oxygen atoms in total. The average molecular weight is 251 g/mol. The Hall–Kier alpha value is -0.750. The molecule has 0 bridgehead atoms. The second-order valence-electron chi connectivity index (χ2n) is 4.72. The van der Waals surface area contributed by atoms with Crippen LogP contribution in [0.25, 0.3) is 0 Å². The van der Waals surface area contributed by atoms with Crippen LogP contribution >= 0.6 is 0 Å². The lowest BCUT2D eigenvalue weighted by atomic mass is 9.93. The highest BCUT2D eigenvalue weighted by Crippen LogP contribution is 2.33. The zero-order chi connectivity index (χ0) is 13.1. The lowest BCUT2D eigenvalue weighted by molar-refractivity contribution is -0.153. The van der Waals surface area contributed by atoms with Gasteiger partial charge in [-0.25, -0.2) is 13.6 Å². The number of aliphatic carboxylic acids is 1. The molecular formula is C11H19F2NO3. The molecular weight excluding hydrogens is 232 g/mol. The van der Waals surface area contributed by atoms with Crippen LogP contribution in [-0.2, 0) is 9.53 Å². The minimum absolute atomic E-state index is 0.0989. The summed E-state index contributed by atoms with van der Waals surface area (Å²) < 4.78 is 32.2. The third kappa shape index (κ3) is 4.20. The molecule has 1 fully saturated rings. The first-order chi connectivity index (χ1) is 7.83. The van der Waals surface area contributed by atoms with Gasteiger partial charge in [0.15, 0.2) is 0 Å². The Morgan fingerprint density at radius 1 is 1.59 bits per heavy atom. The maximum Gasteiger partial charge on any atom is 0.329 e. The van der Waals surface area contributed by atoms with Crippen LogP contribution in [0.1, 0.15) is 20.3 Å². The van der Waals surface area contributed by atoms with Gasteiger partial charge in [0.05, 0.1) is 13.2 Å². The van der Waals surface area contributed by atoms with E-state index in [-0.39, 0.29) is 19.2 Å². The van der Waals surface area contributed by atoms with Crippen LogP contribution in [-0.4, -0.2) is 54.2 Å². The summed E-state index contributed by atoms with van der Waals surface area (Å²) in [6, 6.07) is 0.0989. The van der Waals surface area contributed by atoms with E-state index >= 15 is 0 Å². The number of hydrogen-bond donors (Lipinski definition) is 1. The first kappa shape index (κ1) is 14.3. The third-order valence-electron chi connectivity index (χ3n) is 3.05. The van der Waals surface area contributed by atoms with Gasteiger partial charge in [0.2, 0.25) is 0 Å². The number of piperidine rings is 1. The highest BCUT2D eigenvalue weighted by molar-refractivity contribution is 5.67. The summed E-state index contributed by atoms with van der Waals surface area (Å²) in [5.41, 5.74) is 0. The molecule has 0 aromatic carbocycles. The van der Waals surface area contributed by atoms with Crippen molar-refractivity contribution in [2.75, 3.05) is 26.3 Å². The lowest BCUT2D eigenvalue weighted by Crippen LogP contribution is -2.52. The molecule has 0 aliphatic carbocycles. The molecule has 0 aromatic rings. The molecule has 1 unspecified atom stereocenters. The summed E-state index contributed by atoms with van der Waals surface area (Å²) in [5.74, 6) is -4.81. The molecule has 17 heavy (non-hydrogen) atoms. The highest BCUT2D eigenvalue weighted by Gasteiger charge is 2.44. The molecule has 100 valence electrons. The molecule has 1 saturated heterocycles. The number of alkyl halides is 2. The summed E-state index contributed by atoms with van der Waals surface area (Å²) in [6.07, 6.45) is 0.338. The normalized spacial score (nSPS) is 25.1. The Morgan fingerprint density at radius 2 is 2.24 bits per heavy atom. The van der Waals surface area contributed by atoms with Crippen LogP contribution in [0.4, 0.5) is 8.78 Å². The molecule has 1 aliphatic rings. The Labute approximate surface area is 99.5 Å². The first-order valence-electron chi connectivity index (χ1n) is 5.74. The summed E-state index contributed by atoms with van der Waals surface area (Å²) in [4.78, 5) is 12.0. The number of rotatable bonds is 5. The van der Waals surface area contributed by atoms with Gasteiger partial charge in [0.25, 0.3) is 5.92 Å². The minimum atomic E-state index is -2.80. The molecule has 1 rings (SSSR count). The average Bonchev–Trinajstić information content (AvgIpc) is 2.19. The Kier molecular flexibility index (Phi) is 4.82. The zero-order valence-corrected chi connectivity index (χ0v) is 10.2. The van der Waals surface area contributed by atoms with Crippen LogP contribution in [0, 0.1) is 5.92 Å². The summed E-state index contributed by atoms with van der Waals surface area (Å²) in [7, 11) is 0. The van der Waals surface area contributed by atoms with Gasteiger partial charge < -0.3 is 9.84 Å². The smallest absolute Gasteiger partial charge is 0.329 e. The van der Waals surface area contributed by atoms with E-state index in [1.54, 1.807) is 4.90 Å². The lowest BCUT2D eigenvalue weighted by Gasteiger charge is -2.40. The van der Waals surface area contributed by atoms with Crippen molar-refractivity contribution in [1.29, 1.82) is 0 Å². The molecule has 0 spiro atoms. The van der Waals surface area contributed by atoms with E-state index in [0.717, 1.165) is 0 Å². The summed E-state index contributed by atoms with van der Waals surface area (Å²) in [5, 5.41) is 8.37. The van der Waals surface area contributed by atoms with Crippen molar-refractivity contribution in [2.45, 2.75) is 32.2 Å². The van der Waals surface area contributed by atoms with Crippen LogP contribution < -0.4 is 0 Å². The molecule has 6 heteroatoms. The largest absolute Gasteiger partial charge is 0.480 e. The molecule has 0 saturated carbocycles. The van der Waals surface area contributed by atoms with E-state index in [1.807, 2.05) is 13.8 Å². The molecule has 1 N–H and O–H groups in total. The predicted molar refractivity (Wildman–Crippen MR) is 58.2 cm³/mol. The van der Waals surface area contributed by atoms with Gasteiger partial charge in [-0.3, -0.25) is 4.90 Å². The number of carboxylic acids is 1. The summed E-state index contributed by atoms with van der Waals surface area (Å²) >= 11 is 0. The molecule has 0 aromatic heterocycles. The fraction of sp³-hybridized carbons (Fsp3) is 0.909. The van der Waals surface area contributed by atoms with Crippen LogP contribution in [0.3, 0.4) is 0 Å². The van der Waals surface area contributed by atoms with Crippen molar-refractivity contribution < 1.29 is 23.4 Å². The minimum Gasteiger partial charge on any atom is -0.480 e. The number of hydrogen-bond acceptors (Lipinski definition) is 3. The second-order valence-corrected chi connectivity index (χ2v) is 4.72.